The highest BCUT2D eigenvalue weighted by Crippen LogP contribution is 2.31. The molecule has 0 nitrogen and oxygen atoms in total. The minimum absolute atomic E-state index is 0.390. The Hall–Kier alpha value is -3.38. The van der Waals surface area contributed by atoms with Crippen LogP contribution in [0.25, 0.3) is 5.57 Å². The van der Waals surface area contributed by atoms with Gasteiger partial charge in [-0.2, -0.15) is 0 Å². The number of hydrogen-bond donors (Lipinski definition) is 0. The van der Waals surface area contributed by atoms with Gasteiger partial charge < -0.3 is 0 Å². The van der Waals surface area contributed by atoms with Gasteiger partial charge in [0.05, 0.1) is 0 Å². The smallest absolute Gasteiger partial charge is 0.0227 e. The topological polar surface area (TPSA) is 0 Å². The van der Waals surface area contributed by atoms with Gasteiger partial charge in [-0.1, -0.05) is 201 Å². The van der Waals surface area contributed by atoms with E-state index in [-0.39, 0.29) is 0 Å². The van der Waals surface area contributed by atoms with Crippen LogP contribution in [0.1, 0.15) is 142 Å². The van der Waals surface area contributed by atoms with Crippen LogP contribution in [0.3, 0.4) is 0 Å². The minimum atomic E-state index is 0.390. The molecule has 0 heterocycles. The van der Waals surface area contributed by atoms with Crippen molar-refractivity contribution >= 4 is 5.57 Å². The SMILES string of the molecule is C=C(/C=C\C=C(/C)c1ccc(C)cc1)CC.C=CC.CC.CC.CC1CCC(Cc2ccc(CC(C)(C)C)cc2)CC1.Cc1cccc(C)c1. The lowest BCUT2D eigenvalue weighted by molar-refractivity contribution is 0.289. The summed E-state index contributed by atoms with van der Waals surface area (Å²) in [6.07, 6.45) is 17.2. The highest BCUT2D eigenvalue weighted by Gasteiger charge is 2.18. The zero-order chi connectivity index (χ0) is 38.5. The zero-order valence-corrected chi connectivity index (χ0v) is 35.3. The van der Waals surface area contributed by atoms with Crippen LogP contribution in [0.5, 0.6) is 0 Å². The van der Waals surface area contributed by atoms with Crippen molar-refractivity contribution in [3.63, 3.8) is 0 Å². The van der Waals surface area contributed by atoms with Gasteiger partial charge in [0.15, 0.2) is 0 Å². The molecule has 0 aromatic heterocycles. The summed E-state index contributed by atoms with van der Waals surface area (Å²) in [5.74, 6) is 1.90. The van der Waals surface area contributed by atoms with Crippen LogP contribution < -0.4 is 0 Å². The molecule has 0 aliphatic heterocycles. The highest BCUT2D eigenvalue weighted by atomic mass is 14.2. The van der Waals surface area contributed by atoms with E-state index in [9.17, 15) is 0 Å². The first-order chi connectivity index (χ1) is 23.8. The summed E-state index contributed by atoms with van der Waals surface area (Å²) >= 11 is 0. The van der Waals surface area contributed by atoms with Crippen molar-refractivity contribution in [2.75, 3.05) is 0 Å². The third-order valence-corrected chi connectivity index (χ3v) is 8.23. The van der Waals surface area contributed by atoms with Crippen molar-refractivity contribution in [3.8, 4) is 0 Å². The maximum Gasteiger partial charge on any atom is -0.0227 e. The Morgan fingerprint density at radius 3 is 1.66 bits per heavy atom. The fourth-order valence-electron chi connectivity index (χ4n) is 5.44. The van der Waals surface area contributed by atoms with E-state index < -0.39 is 0 Å². The summed E-state index contributed by atoms with van der Waals surface area (Å²) < 4.78 is 0. The zero-order valence-electron chi connectivity index (χ0n) is 35.3. The molecule has 1 aliphatic rings. The van der Waals surface area contributed by atoms with Gasteiger partial charge in [0.1, 0.15) is 0 Å². The van der Waals surface area contributed by atoms with Crippen molar-refractivity contribution in [2.45, 2.75) is 142 Å². The molecule has 50 heavy (non-hydrogen) atoms. The Balaban J connectivity index is 0. The number of aryl methyl sites for hydroxylation is 3. The lowest BCUT2D eigenvalue weighted by Crippen LogP contribution is -2.14. The van der Waals surface area contributed by atoms with Crippen LogP contribution in [0.15, 0.2) is 116 Å². The van der Waals surface area contributed by atoms with Crippen LogP contribution in [0, 0.1) is 38.0 Å². The number of hydrogen-bond acceptors (Lipinski definition) is 0. The molecule has 0 bridgehead atoms. The van der Waals surface area contributed by atoms with Gasteiger partial charge in [0.2, 0.25) is 0 Å². The van der Waals surface area contributed by atoms with E-state index >= 15 is 0 Å². The van der Waals surface area contributed by atoms with Gasteiger partial charge in [0.25, 0.3) is 0 Å². The minimum Gasteiger partial charge on any atom is -0.103 e. The maximum atomic E-state index is 3.94. The van der Waals surface area contributed by atoms with Crippen LogP contribution in [0.2, 0.25) is 0 Å². The molecule has 0 radical (unpaired) electrons. The second-order valence-electron chi connectivity index (χ2n) is 14.5. The first-order valence-corrected chi connectivity index (χ1v) is 19.5. The fourth-order valence-corrected chi connectivity index (χ4v) is 5.44. The average Bonchev–Trinajstić information content (AvgIpc) is 3.09. The summed E-state index contributed by atoms with van der Waals surface area (Å²) in [7, 11) is 0. The molecule has 0 amide bonds. The van der Waals surface area contributed by atoms with Crippen LogP contribution in [-0.4, -0.2) is 0 Å². The summed E-state index contributed by atoms with van der Waals surface area (Å²) in [6.45, 7) is 37.1. The molecule has 0 unspecified atom stereocenters. The third kappa shape index (κ3) is 25.6. The van der Waals surface area contributed by atoms with Crippen molar-refractivity contribution in [1.82, 2.24) is 0 Å². The van der Waals surface area contributed by atoms with E-state index in [2.05, 4.69) is 166 Å². The van der Waals surface area contributed by atoms with E-state index in [1.54, 1.807) is 6.08 Å². The molecule has 278 valence electrons. The first kappa shape index (κ1) is 48.7. The van der Waals surface area contributed by atoms with Gasteiger partial charge >= 0.3 is 0 Å². The lowest BCUT2D eigenvalue weighted by atomic mass is 9.80. The molecule has 1 fully saturated rings. The van der Waals surface area contributed by atoms with Crippen molar-refractivity contribution in [1.29, 1.82) is 0 Å². The molecule has 0 atom stereocenters. The Bertz CT molecular complexity index is 1300. The molecule has 1 saturated carbocycles. The quantitative estimate of drug-likeness (QED) is 0.172. The molecule has 0 spiro atoms. The summed E-state index contributed by atoms with van der Waals surface area (Å²) in [5.41, 5.74) is 11.1. The Morgan fingerprint density at radius 2 is 1.24 bits per heavy atom. The van der Waals surface area contributed by atoms with E-state index in [0.29, 0.717) is 5.41 Å². The molecular formula is C50H78. The van der Waals surface area contributed by atoms with Crippen LogP contribution in [0.4, 0.5) is 0 Å². The molecule has 4 rings (SSSR count). The third-order valence-electron chi connectivity index (χ3n) is 8.23. The standard InChI is InChI=1S/C19H30.C16H20.C8H10.C3H6.2C2H6/c1-15-5-7-16(8-6-15)13-17-9-11-18(12-10-17)14-19(2,3)4;1-5-13(2)7-6-8-15(4)16-11-9-14(3)10-12-16;1-7-4-3-5-8(2)6-7;1-3-2;2*1-2/h9-12,15-16H,5-8,13-14H2,1-4H3;6-12H,2,5H2,1,3-4H3;3-6H,1-2H3;3H,1H2,2H3;2*1-2H3/b;7-6-,15-8+;;;;. The number of allylic oxidation sites excluding steroid dienone is 6. The maximum absolute atomic E-state index is 3.94. The van der Waals surface area contributed by atoms with Crippen molar-refractivity contribution < 1.29 is 0 Å². The van der Waals surface area contributed by atoms with Gasteiger partial charge in [-0.05, 0) is 106 Å². The second-order valence-corrected chi connectivity index (χ2v) is 14.5. The normalized spacial score (nSPS) is 15.1. The lowest BCUT2D eigenvalue weighted by Gasteiger charge is -2.26. The van der Waals surface area contributed by atoms with Gasteiger partial charge in [-0.3, -0.25) is 0 Å². The fraction of sp³-hybridized carbons (Fsp3) is 0.480. The van der Waals surface area contributed by atoms with Gasteiger partial charge in [0, 0.05) is 0 Å². The summed E-state index contributed by atoms with van der Waals surface area (Å²) in [5, 5.41) is 0. The van der Waals surface area contributed by atoms with Crippen LogP contribution in [-0.2, 0) is 12.8 Å². The average molecular weight is 679 g/mol. The molecule has 0 heteroatoms. The molecule has 1 aliphatic carbocycles. The number of benzene rings is 3. The molecule has 3 aromatic rings. The van der Waals surface area contributed by atoms with Crippen molar-refractivity contribution in [2.24, 2.45) is 17.3 Å². The highest BCUT2D eigenvalue weighted by molar-refractivity contribution is 5.65. The molecule has 0 saturated heterocycles. The summed E-state index contributed by atoms with van der Waals surface area (Å²) in [4.78, 5) is 0. The van der Waals surface area contributed by atoms with Crippen molar-refractivity contribution in [3.05, 3.63) is 149 Å². The largest absolute Gasteiger partial charge is 0.103 e. The van der Waals surface area contributed by atoms with E-state index in [0.717, 1.165) is 23.8 Å². The second kappa shape index (κ2) is 29.4. The summed E-state index contributed by atoms with van der Waals surface area (Å²) in [6, 6.07) is 26.4. The molecule has 0 N–H and O–H groups in total. The Morgan fingerprint density at radius 1 is 0.760 bits per heavy atom. The van der Waals surface area contributed by atoms with E-state index in [1.807, 2.05) is 34.6 Å². The van der Waals surface area contributed by atoms with E-state index in [4.69, 9.17) is 0 Å². The Kier molecular flexibility index (Phi) is 28.6. The number of rotatable bonds is 7. The predicted molar refractivity (Wildman–Crippen MR) is 232 cm³/mol. The van der Waals surface area contributed by atoms with Gasteiger partial charge in [-0.25, -0.2) is 0 Å². The first-order valence-electron chi connectivity index (χ1n) is 19.5. The molecular weight excluding hydrogens is 601 g/mol. The predicted octanol–water partition coefficient (Wildman–Crippen LogP) is 16.1. The Labute approximate surface area is 312 Å². The van der Waals surface area contributed by atoms with Crippen LogP contribution >= 0.6 is 0 Å². The molecule has 3 aromatic carbocycles. The van der Waals surface area contributed by atoms with E-state index in [1.165, 1.54) is 77.5 Å². The monoisotopic (exact) mass is 679 g/mol. The van der Waals surface area contributed by atoms with Gasteiger partial charge in [-0.15, -0.1) is 6.58 Å².